The molecule has 0 aliphatic heterocycles. The van der Waals surface area contributed by atoms with E-state index in [-0.39, 0.29) is 11.7 Å². The third-order valence-electron chi connectivity index (χ3n) is 4.05. The van der Waals surface area contributed by atoms with Crippen molar-refractivity contribution in [2.75, 3.05) is 0 Å². The minimum atomic E-state index is 0.155. The molecule has 0 bridgehead atoms. The van der Waals surface area contributed by atoms with E-state index >= 15 is 0 Å². The summed E-state index contributed by atoms with van der Waals surface area (Å²) < 4.78 is 0. The highest BCUT2D eigenvalue weighted by Crippen LogP contribution is 2.24. The number of nitrogens with zero attached hydrogens (tertiary/aromatic N) is 1. The lowest BCUT2D eigenvalue weighted by molar-refractivity contribution is 0.848. The Morgan fingerprint density at radius 2 is 1.54 bits per heavy atom. The molecule has 0 heterocycles. The van der Waals surface area contributed by atoms with E-state index < -0.39 is 0 Å². The second-order valence-electron chi connectivity index (χ2n) is 5.94. The van der Waals surface area contributed by atoms with E-state index in [1.54, 1.807) is 18.2 Å². The molecule has 0 saturated carbocycles. The molecule has 0 aliphatic carbocycles. The predicted octanol–water partition coefficient (Wildman–Crippen LogP) is 6.29. The number of benzene rings is 2. The summed E-state index contributed by atoms with van der Waals surface area (Å²) in [6, 6.07) is 17.1. The Kier molecular flexibility index (Phi) is 7.67. The van der Waals surface area contributed by atoms with Gasteiger partial charge in [-0.1, -0.05) is 104 Å². The van der Waals surface area contributed by atoms with Crippen LogP contribution >= 0.6 is 0 Å². The molecule has 0 saturated heterocycles. The lowest BCUT2D eigenvalue weighted by Crippen LogP contribution is -2.34. The van der Waals surface area contributed by atoms with Gasteiger partial charge in [0.2, 0.25) is 0 Å². The van der Waals surface area contributed by atoms with E-state index in [4.69, 9.17) is 10.8 Å². The van der Waals surface area contributed by atoms with Crippen LogP contribution in [0.15, 0.2) is 104 Å². The zero-order chi connectivity index (χ0) is 20.4. The Hall–Kier alpha value is -3.72. The van der Waals surface area contributed by atoms with Crippen LogP contribution in [-0.2, 0) is 0 Å². The molecule has 0 aliphatic rings. The van der Waals surface area contributed by atoms with Crippen molar-refractivity contribution in [1.82, 2.24) is 4.90 Å². The van der Waals surface area contributed by atoms with Crippen molar-refractivity contribution in [3.05, 3.63) is 121 Å². The van der Waals surface area contributed by atoms with Gasteiger partial charge in [-0.2, -0.15) is 0 Å². The van der Waals surface area contributed by atoms with Crippen molar-refractivity contribution >= 4 is 23.4 Å². The molecule has 3 nitrogen and oxygen atoms in total. The first-order chi connectivity index (χ1) is 13.6. The summed E-state index contributed by atoms with van der Waals surface area (Å²) in [6.07, 6.45) is 12.8. The highest BCUT2D eigenvalue weighted by molar-refractivity contribution is 6.16. The maximum Gasteiger partial charge on any atom is 0.138 e. The molecular weight excluding hydrogens is 342 g/mol. The first-order valence-electron chi connectivity index (χ1n) is 8.99. The van der Waals surface area contributed by atoms with Gasteiger partial charge in [-0.05, 0) is 18.6 Å². The van der Waals surface area contributed by atoms with Crippen molar-refractivity contribution in [2.45, 2.75) is 6.92 Å². The van der Waals surface area contributed by atoms with Crippen molar-refractivity contribution in [3.8, 4) is 0 Å². The summed E-state index contributed by atoms with van der Waals surface area (Å²) in [5.41, 5.74) is 3.00. The van der Waals surface area contributed by atoms with Gasteiger partial charge in [0.1, 0.15) is 11.7 Å². The zero-order valence-corrected chi connectivity index (χ0v) is 16.1. The lowest BCUT2D eigenvalue weighted by Gasteiger charge is -2.27. The van der Waals surface area contributed by atoms with Crippen LogP contribution in [-0.4, -0.2) is 16.6 Å². The quantitative estimate of drug-likeness (QED) is 0.337. The Labute approximate surface area is 167 Å². The van der Waals surface area contributed by atoms with Gasteiger partial charge in [0.05, 0.1) is 0 Å². The zero-order valence-electron chi connectivity index (χ0n) is 16.1. The molecule has 140 valence electrons. The van der Waals surface area contributed by atoms with E-state index in [0.717, 1.165) is 11.1 Å². The number of amidine groups is 2. The van der Waals surface area contributed by atoms with Gasteiger partial charge in [-0.25, -0.2) is 0 Å². The highest BCUT2D eigenvalue weighted by Gasteiger charge is 2.20. The second-order valence-corrected chi connectivity index (χ2v) is 5.94. The molecule has 0 unspecified atom stereocenters. The molecule has 0 radical (unpaired) electrons. The third kappa shape index (κ3) is 5.15. The van der Waals surface area contributed by atoms with E-state index in [1.165, 1.54) is 4.90 Å². The van der Waals surface area contributed by atoms with Gasteiger partial charge in [-0.15, -0.1) is 0 Å². The van der Waals surface area contributed by atoms with Crippen LogP contribution in [0.5, 0.6) is 0 Å². The van der Waals surface area contributed by atoms with Crippen LogP contribution in [0, 0.1) is 10.8 Å². The number of nitrogens with one attached hydrogen (secondary N) is 2. The Morgan fingerprint density at radius 3 is 2.21 bits per heavy atom. The Morgan fingerprint density at radius 1 is 0.893 bits per heavy atom. The van der Waals surface area contributed by atoms with Crippen LogP contribution < -0.4 is 0 Å². The second kappa shape index (κ2) is 10.4. The summed E-state index contributed by atoms with van der Waals surface area (Å²) in [5, 5.41) is 17.3. The SMILES string of the molecule is C=Cc1ccccc1C(=C)N(C(=N)/C=C/C=C\C=C/C)C(=N)c1ccccc1. The molecule has 28 heavy (non-hydrogen) atoms. The fourth-order valence-electron chi connectivity index (χ4n) is 2.64. The highest BCUT2D eigenvalue weighted by atomic mass is 15.2. The van der Waals surface area contributed by atoms with Gasteiger partial charge < -0.3 is 0 Å². The van der Waals surface area contributed by atoms with Crippen molar-refractivity contribution in [2.24, 2.45) is 0 Å². The molecule has 0 atom stereocenters. The normalized spacial score (nSPS) is 11.2. The molecule has 0 aromatic heterocycles. The smallest absolute Gasteiger partial charge is 0.138 e. The van der Waals surface area contributed by atoms with Crippen LogP contribution in [0.2, 0.25) is 0 Å². The number of hydrogen-bond donors (Lipinski definition) is 2. The summed E-state index contributed by atoms with van der Waals surface area (Å²) in [6.45, 7) is 10.00. The molecular formula is C25H25N3. The molecule has 3 heteroatoms. The molecule has 2 aromatic rings. The van der Waals surface area contributed by atoms with Crippen LogP contribution in [0.25, 0.3) is 11.8 Å². The summed E-state index contributed by atoms with van der Waals surface area (Å²) in [4.78, 5) is 1.54. The molecule has 2 N–H and O–H groups in total. The summed E-state index contributed by atoms with van der Waals surface area (Å²) in [7, 11) is 0. The lowest BCUT2D eigenvalue weighted by atomic mass is 10.0. The van der Waals surface area contributed by atoms with Crippen LogP contribution in [0.3, 0.4) is 0 Å². The fourth-order valence-corrected chi connectivity index (χ4v) is 2.64. The van der Waals surface area contributed by atoms with Crippen LogP contribution in [0.4, 0.5) is 0 Å². The standard InChI is InChI=1S/C25H25N3/c1-4-6-7-8-12-19-24(26)28(25(27)22-16-10-9-11-17-22)20(3)23-18-14-13-15-21(23)5-2/h4-19,26-27H,2-3H2,1H3/b6-4-,8-7-,19-12+,26-24?,27-25?. The van der Waals surface area contributed by atoms with Crippen molar-refractivity contribution < 1.29 is 0 Å². The Bertz CT molecular complexity index is 947. The molecule has 2 rings (SSSR count). The van der Waals surface area contributed by atoms with E-state index in [0.29, 0.717) is 11.3 Å². The Balaban J connectivity index is 2.43. The average molecular weight is 367 g/mol. The van der Waals surface area contributed by atoms with Gasteiger partial charge >= 0.3 is 0 Å². The first-order valence-corrected chi connectivity index (χ1v) is 8.99. The van der Waals surface area contributed by atoms with Gasteiger partial charge in [0, 0.05) is 16.8 Å². The third-order valence-corrected chi connectivity index (χ3v) is 4.05. The van der Waals surface area contributed by atoms with Gasteiger partial charge in [0.25, 0.3) is 0 Å². The minimum absolute atomic E-state index is 0.155. The minimum Gasteiger partial charge on any atom is -0.284 e. The van der Waals surface area contributed by atoms with E-state index in [1.807, 2.05) is 85.8 Å². The maximum atomic E-state index is 8.71. The van der Waals surface area contributed by atoms with Crippen molar-refractivity contribution in [3.63, 3.8) is 0 Å². The predicted molar refractivity (Wildman–Crippen MR) is 121 cm³/mol. The monoisotopic (exact) mass is 367 g/mol. The summed E-state index contributed by atoms with van der Waals surface area (Å²) in [5.74, 6) is 0.347. The molecule has 0 amide bonds. The van der Waals surface area contributed by atoms with Gasteiger partial charge in [-0.3, -0.25) is 15.7 Å². The van der Waals surface area contributed by atoms with E-state index in [9.17, 15) is 0 Å². The first kappa shape index (κ1) is 20.6. The van der Waals surface area contributed by atoms with E-state index in [2.05, 4.69) is 13.2 Å². The molecule has 2 aromatic carbocycles. The fraction of sp³-hybridized carbons (Fsp3) is 0.0400. The number of hydrogen-bond acceptors (Lipinski definition) is 2. The maximum absolute atomic E-state index is 8.71. The van der Waals surface area contributed by atoms with Crippen LogP contribution in [0.1, 0.15) is 23.6 Å². The number of rotatable bonds is 7. The van der Waals surface area contributed by atoms with Gasteiger partial charge in [0.15, 0.2) is 0 Å². The average Bonchev–Trinajstić information content (AvgIpc) is 2.74. The topological polar surface area (TPSA) is 50.9 Å². The molecule has 0 spiro atoms. The summed E-state index contributed by atoms with van der Waals surface area (Å²) >= 11 is 0. The molecule has 0 fully saturated rings. The van der Waals surface area contributed by atoms with Crippen molar-refractivity contribution in [1.29, 1.82) is 10.8 Å². The largest absolute Gasteiger partial charge is 0.284 e. The number of allylic oxidation sites excluding steroid dienone is 5.